The van der Waals surface area contributed by atoms with E-state index in [0.29, 0.717) is 72.1 Å². The number of hydrogen-bond acceptors (Lipinski definition) is 8. The predicted octanol–water partition coefficient (Wildman–Crippen LogP) is 6.28. The summed E-state index contributed by atoms with van der Waals surface area (Å²) in [5, 5.41) is 13.7. The molecule has 0 aliphatic carbocycles. The van der Waals surface area contributed by atoms with Gasteiger partial charge in [-0.1, -0.05) is 71.7 Å². The van der Waals surface area contributed by atoms with E-state index < -0.39 is 0 Å². The zero-order valence-electron chi connectivity index (χ0n) is 26.9. The molecule has 0 bridgehead atoms. The van der Waals surface area contributed by atoms with Crippen molar-refractivity contribution in [3.63, 3.8) is 0 Å². The lowest BCUT2D eigenvalue weighted by Gasteiger charge is -2.15. The Morgan fingerprint density at radius 2 is 1.43 bits per heavy atom. The number of hydrogen-bond donors (Lipinski definition) is 4. The minimum atomic E-state index is 0.0972. The number of carbonyl (C=O) groups is 2. The summed E-state index contributed by atoms with van der Waals surface area (Å²) < 4.78 is 11.6. The smallest absolute Gasteiger partial charge is 0.220 e. The lowest BCUT2D eigenvalue weighted by molar-refractivity contribution is -0.120. The number of carbonyl (C=O) groups excluding carboxylic acids is 2. The first-order valence-electron chi connectivity index (χ1n) is 16.4. The van der Waals surface area contributed by atoms with Crippen molar-refractivity contribution in [3.8, 4) is 39.4 Å². The van der Waals surface area contributed by atoms with Gasteiger partial charge in [0.05, 0.1) is 29.4 Å². The van der Waals surface area contributed by atoms with Crippen LogP contribution in [0.5, 0.6) is 5.88 Å². The molecule has 2 fully saturated rings. The van der Waals surface area contributed by atoms with Crippen molar-refractivity contribution in [2.75, 3.05) is 20.2 Å². The number of rotatable bonds is 12. The van der Waals surface area contributed by atoms with Crippen LogP contribution in [0.25, 0.3) is 44.6 Å². The van der Waals surface area contributed by atoms with Crippen LogP contribution in [0.3, 0.4) is 0 Å². The van der Waals surface area contributed by atoms with Crippen molar-refractivity contribution < 1.29 is 18.7 Å². The van der Waals surface area contributed by atoms with Gasteiger partial charge in [0.15, 0.2) is 5.58 Å². The highest BCUT2D eigenvalue weighted by Gasteiger charge is 2.22. The fourth-order valence-corrected chi connectivity index (χ4v) is 7.11. The van der Waals surface area contributed by atoms with E-state index >= 15 is 0 Å². The molecule has 10 nitrogen and oxygen atoms in total. The molecule has 12 heteroatoms. The van der Waals surface area contributed by atoms with Gasteiger partial charge in [-0.3, -0.25) is 9.59 Å². The minimum Gasteiger partial charge on any atom is -0.481 e. The Bertz CT molecular complexity index is 2030. The molecule has 0 radical (unpaired) electrons. The Morgan fingerprint density at radius 1 is 0.796 bits per heavy atom. The number of pyridine rings is 1. The molecule has 5 aromatic rings. The molecule has 4 heterocycles. The van der Waals surface area contributed by atoms with Crippen LogP contribution in [-0.4, -0.2) is 54.1 Å². The van der Waals surface area contributed by atoms with Gasteiger partial charge in [0.25, 0.3) is 0 Å². The number of oxazole rings is 1. The summed E-state index contributed by atoms with van der Waals surface area (Å²) >= 11 is 14.2. The molecule has 3 aromatic carbocycles. The van der Waals surface area contributed by atoms with Crippen LogP contribution in [0, 0.1) is 0 Å². The van der Waals surface area contributed by atoms with Crippen LogP contribution in [0.4, 0.5) is 0 Å². The van der Waals surface area contributed by atoms with E-state index in [1.807, 2.05) is 66.7 Å². The highest BCUT2D eigenvalue weighted by Crippen LogP contribution is 2.42. The molecule has 49 heavy (non-hydrogen) atoms. The molecular weight excluding hydrogens is 663 g/mol. The maximum atomic E-state index is 11.5. The Labute approximate surface area is 293 Å². The molecule has 7 rings (SSSR count). The number of nitrogens with one attached hydrogen (secondary N) is 4. The van der Waals surface area contributed by atoms with Crippen LogP contribution in [-0.2, 0) is 22.7 Å². The maximum Gasteiger partial charge on any atom is 0.220 e. The number of fused-ring (bicyclic) bond motifs is 1. The van der Waals surface area contributed by atoms with Crippen molar-refractivity contribution in [1.82, 2.24) is 31.2 Å². The van der Waals surface area contributed by atoms with Gasteiger partial charge in [-0.15, -0.1) is 0 Å². The first kappa shape index (κ1) is 33.0. The van der Waals surface area contributed by atoms with Gasteiger partial charge >= 0.3 is 0 Å². The topological polar surface area (TPSA) is 130 Å². The second-order valence-corrected chi connectivity index (χ2v) is 13.1. The summed E-state index contributed by atoms with van der Waals surface area (Å²) in [4.78, 5) is 32.4. The molecule has 252 valence electrons. The molecule has 2 atom stereocenters. The molecule has 2 aromatic heterocycles. The van der Waals surface area contributed by atoms with Crippen molar-refractivity contribution >= 4 is 46.1 Å². The summed E-state index contributed by atoms with van der Waals surface area (Å²) in [6.07, 6.45) is 2.81. The Balaban J connectivity index is 1.09. The third kappa shape index (κ3) is 7.28. The lowest BCUT2D eigenvalue weighted by atomic mass is 9.96. The number of amides is 2. The van der Waals surface area contributed by atoms with Crippen molar-refractivity contribution in [3.05, 3.63) is 88.2 Å². The lowest BCUT2D eigenvalue weighted by Crippen LogP contribution is -2.35. The van der Waals surface area contributed by atoms with Crippen molar-refractivity contribution in [2.45, 2.75) is 50.9 Å². The number of ether oxygens (including phenoxy) is 1. The van der Waals surface area contributed by atoms with E-state index in [1.165, 1.54) is 0 Å². The van der Waals surface area contributed by atoms with Crippen LogP contribution >= 0.6 is 23.2 Å². The number of benzene rings is 3. The zero-order chi connectivity index (χ0) is 33.9. The molecule has 2 saturated heterocycles. The Hall–Kier alpha value is -4.48. The van der Waals surface area contributed by atoms with E-state index in [1.54, 1.807) is 7.11 Å². The normalized spacial score (nSPS) is 17.4. The molecule has 2 aliphatic heterocycles. The van der Waals surface area contributed by atoms with E-state index in [4.69, 9.17) is 37.3 Å². The summed E-state index contributed by atoms with van der Waals surface area (Å²) in [6, 6.07) is 21.8. The summed E-state index contributed by atoms with van der Waals surface area (Å²) in [5.41, 5.74) is 7.08. The van der Waals surface area contributed by atoms with Crippen LogP contribution in [0.1, 0.15) is 37.1 Å². The number of halogens is 2. The molecule has 2 amide bonds. The van der Waals surface area contributed by atoms with E-state index in [-0.39, 0.29) is 23.9 Å². The quantitative estimate of drug-likeness (QED) is 0.120. The van der Waals surface area contributed by atoms with Crippen molar-refractivity contribution in [1.29, 1.82) is 0 Å². The third-order valence-electron chi connectivity index (χ3n) is 8.98. The first-order valence-corrected chi connectivity index (χ1v) is 17.1. The third-order valence-corrected chi connectivity index (χ3v) is 9.80. The van der Waals surface area contributed by atoms with E-state index in [2.05, 4.69) is 26.3 Å². The molecule has 0 spiro atoms. The van der Waals surface area contributed by atoms with Gasteiger partial charge in [-0.25, -0.2) is 9.97 Å². The molecule has 4 N–H and O–H groups in total. The Kier molecular flexibility index (Phi) is 9.81. The van der Waals surface area contributed by atoms with Gasteiger partial charge in [-0.05, 0) is 36.6 Å². The predicted molar refractivity (Wildman–Crippen MR) is 190 cm³/mol. The first-order chi connectivity index (χ1) is 23.9. The Morgan fingerprint density at radius 3 is 2.08 bits per heavy atom. The standard InChI is InChI=1S/C37H36Cl2N6O4/c1-48-37-22(17-40-18-23-10-14-32(46)42-23)8-12-29(45-37)28-7-3-6-27(36(28)39)26-5-2-4-25(35(26)38)21-9-13-31-30(16-21)44-34(49-31)20-41-19-24-11-15-33(47)43-24/h2-9,12-13,16,23-24,40-41H,10-11,14-15,17-20H2,1H3,(H,42,46)(H,43,47)/t23-,24+/m1/s1. The number of methoxy groups -OCH3 is 1. The fraction of sp³-hybridized carbons (Fsp3) is 0.297. The number of nitrogens with zero attached hydrogens (tertiary/aromatic N) is 2. The SMILES string of the molecule is COc1nc(-c2cccc(-c3cccc(-c4ccc5oc(CNC[C@@H]6CCC(=O)N6)nc5c4)c3Cl)c2Cl)ccc1CNC[C@H]1CCC(=O)N1. The van der Waals surface area contributed by atoms with Crippen LogP contribution in [0.15, 0.2) is 71.1 Å². The molecule has 0 saturated carbocycles. The summed E-state index contributed by atoms with van der Waals surface area (Å²) in [5.74, 6) is 1.28. The van der Waals surface area contributed by atoms with Gasteiger partial charge in [-0.2, -0.15) is 0 Å². The minimum absolute atomic E-state index is 0.0972. The summed E-state index contributed by atoms with van der Waals surface area (Å²) in [7, 11) is 1.60. The number of aromatic nitrogens is 2. The largest absolute Gasteiger partial charge is 0.481 e. The maximum absolute atomic E-state index is 11.5. The highest BCUT2D eigenvalue weighted by atomic mass is 35.5. The molecule has 0 unspecified atom stereocenters. The second kappa shape index (κ2) is 14.6. The average molecular weight is 700 g/mol. The molecular formula is C37H36Cl2N6O4. The van der Waals surface area contributed by atoms with Crippen LogP contribution < -0.4 is 26.0 Å². The molecule has 2 aliphatic rings. The van der Waals surface area contributed by atoms with E-state index in [9.17, 15) is 9.59 Å². The summed E-state index contributed by atoms with van der Waals surface area (Å²) in [6.45, 7) is 2.36. The fourth-order valence-electron chi connectivity index (χ4n) is 6.44. The second-order valence-electron chi connectivity index (χ2n) is 12.4. The van der Waals surface area contributed by atoms with Crippen LogP contribution in [0.2, 0.25) is 10.0 Å². The highest BCUT2D eigenvalue weighted by molar-refractivity contribution is 6.39. The van der Waals surface area contributed by atoms with E-state index in [0.717, 1.165) is 51.7 Å². The monoisotopic (exact) mass is 698 g/mol. The average Bonchev–Trinajstić information content (AvgIpc) is 3.84. The van der Waals surface area contributed by atoms with Crippen molar-refractivity contribution in [2.24, 2.45) is 0 Å². The van der Waals surface area contributed by atoms with Gasteiger partial charge in [0, 0.05) is 72.4 Å². The van der Waals surface area contributed by atoms with Gasteiger partial charge in [0.1, 0.15) is 5.52 Å². The van der Waals surface area contributed by atoms with Gasteiger partial charge in [0.2, 0.25) is 23.6 Å². The zero-order valence-corrected chi connectivity index (χ0v) is 28.5. The van der Waals surface area contributed by atoms with Gasteiger partial charge < -0.3 is 30.4 Å².